The van der Waals surface area contributed by atoms with Crippen molar-refractivity contribution < 1.29 is 14.6 Å². The van der Waals surface area contributed by atoms with Crippen LogP contribution < -0.4 is 14.8 Å². The lowest BCUT2D eigenvalue weighted by Crippen LogP contribution is -2.56. The SMILES string of the molecule is COc1ccc([C@@H]2C[C@]3(CC(C)(C)NC(SC)=N3)Oc3cc(O)cc(C)c32)cc1. The summed E-state index contributed by atoms with van der Waals surface area (Å²) < 4.78 is 11.9. The fourth-order valence-corrected chi connectivity index (χ4v) is 5.25. The summed E-state index contributed by atoms with van der Waals surface area (Å²) in [7, 11) is 1.68. The fourth-order valence-electron chi connectivity index (χ4n) is 4.62. The first-order valence-electron chi connectivity index (χ1n) is 9.83. The van der Waals surface area contributed by atoms with Gasteiger partial charge in [-0.25, -0.2) is 4.99 Å². The van der Waals surface area contributed by atoms with Gasteiger partial charge in [-0.3, -0.25) is 0 Å². The molecule has 0 saturated heterocycles. The lowest BCUT2D eigenvalue weighted by molar-refractivity contribution is 0.0132. The van der Waals surface area contributed by atoms with Crippen LogP contribution in [0.2, 0.25) is 0 Å². The first-order valence-corrected chi connectivity index (χ1v) is 11.1. The summed E-state index contributed by atoms with van der Waals surface area (Å²) in [4.78, 5) is 4.99. The minimum absolute atomic E-state index is 0.117. The van der Waals surface area contributed by atoms with E-state index in [1.807, 2.05) is 25.3 Å². The molecule has 0 fully saturated rings. The predicted molar refractivity (Wildman–Crippen MR) is 118 cm³/mol. The van der Waals surface area contributed by atoms with Crippen LogP contribution in [0.4, 0.5) is 0 Å². The van der Waals surface area contributed by atoms with Crippen LogP contribution in [0.15, 0.2) is 41.4 Å². The molecule has 2 aromatic carbocycles. The van der Waals surface area contributed by atoms with E-state index in [1.54, 1.807) is 31.0 Å². The maximum Gasteiger partial charge on any atom is 0.206 e. The van der Waals surface area contributed by atoms with Gasteiger partial charge in [0.25, 0.3) is 0 Å². The van der Waals surface area contributed by atoms with Crippen molar-refractivity contribution in [3.8, 4) is 17.2 Å². The number of nitrogens with one attached hydrogen (secondary N) is 1. The minimum Gasteiger partial charge on any atom is -0.508 e. The summed E-state index contributed by atoms with van der Waals surface area (Å²) in [5.41, 5.74) is 2.52. The summed E-state index contributed by atoms with van der Waals surface area (Å²) in [6.45, 7) is 6.38. The van der Waals surface area contributed by atoms with Gasteiger partial charge in [0.1, 0.15) is 17.2 Å². The highest BCUT2D eigenvalue weighted by molar-refractivity contribution is 8.13. The number of phenolic OH excluding ortho intramolecular Hbond substituents is 1. The quantitative estimate of drug-likeness (QED) is 0.741. The summed E-state index contributed by atoms with van der Waals surface area (Å²) in [5, 5.41) is 14.6. The minimum atomic E-state index is -0.676. The topological polar surface area (TPSA) is 63.1 Å². The summed E-state index contributed by atoms with van der Waals surface area (Å²) in [6.07, 6.45) is 3.51. The molecule has 2 aliphatic heterocycles. The molecule has 4 rings (SSSR count). The third-order valence-corrected chi connectivity index (χ3v) is 6.27. The van der Waals surface area contributed by atoms with Crippen molar-refractivity contribution >= 4 is 16.9 Å². The Kier molecular flexibility index (Phi) is 4.93. The molecule has 0 radical (unpaired) electrons. The molecular weight excluding hydrogens is 384 g/mol. The number of rotatable bonds is 2. The van der Waals surface area contributed by atoms with Crippen LogP contribution in [0.3, 0.4) is 0 Å². The van der Waals surface area contributed by atoms with E-state index in [-0.39, 0.29) is 17.2 Å². The number of thioether (sulfide) groups is 1. The maximum atomic E-state index is 10.2. The van der Waals surface area contributed by atoms with Crippen molar-refractivity contribution in [1.29, 1.82) is 0 Å². The van der Waals surface area contributed by atoms with Gasteiger partial charge in [0, 0.05) is 35.9 Å². The molecule has 154 valence electrons. The standard InChI is InChI=1S/C23H28N2O3S/c1-14-10-16(26)11-19-20(14)18(15-6-8-17(27-4)9-7-15)12-23(28-19)13-22(2,3)24-21(25-23)29-5/h6-11,18,26H,12-13H2,1-5H3,(H,24,25)/t18-,23+/m0/s1. The van der Waals surface area contributed by atoms with Gasteiger partial charge in [-0.15, -0.1) is 0 Å². The second-order valence-electron chi connectivity index (χ2n) is 8.56. The molecule has 2 atom stereocenters. The molecule has 0 aromatic heterocycles. The van der Waals surface area contributed by atoms with E-state index in [0.717, 1.165) is 40.6 Å². The van der Waals surface area contributed by atoms with Gasteiger partial charge < -0.3 is 19.9 Å². The van der Waals surface area contributed by atoms with Gasteiger partial charge in [-0.05, 0) is 56.4 Å². The van der Waals surface area contributed by atoms with Gasteiger partial charge in [0.15, 0.2) is 5.17 Å². The number of benzene rings is 2. The van der Waals surface area contributed by atoms with E-state index in [9.17, 15) is 5.11 Å². The zero-order valence-corrected chi connectivity index (χ0v) is 18.4. The van der Waals surface area contributed by atoms with Gasteiger partial charge in [0.2, 0.25) is 5.72 Å². The molecule has 2 heterocycles. The zero-order valence-electron chi connectivity index (χ0n) is 17.6. The molecule has 5 nitrogen and oxygen atoms in total. The number of fused-ring (bicyclic) bond motifs is 1. The summed E-state index contributed by atoms with van der Waals surface area (Å²) in [6, 6.07) is 11.8. The number of aliphatic imine (C=N–C) groups is 1. The lowest BCUT2D eigenvalue weighted by atomic mass is 9.76. The molecule has 2 aliphatic rings. The number of phenols is 1. The van der Waals surface area contributed by atoms with E-state index < -0.39 is 5.72 Å². The largest absolute Gasteiger partial charge is 0.508 e. The van der Waals surface area contributed by atoms with Crippen LogP contribution in [0.5, 0.6) is 17.2 Å². The van der Waals surface area contributed by atoms with Gasteiger partial charge >= 0.3 is 0 Å². The first kappa shape index (κ1) is 20.0. The van der Waals surface area contributed by atoms with Crippen LogP contribution in [0, 0.1) is 6.92 Å². The van der Waals surface area contributed by atoms with Crippen LogP contribution in [-0.2, 0) is 0 Å². The van der Waals surface area contributed by atoms with E-state index in [0.29, 0.717) is 0 Å². The Hall–Kier alpha value is -2.34. The van der Waals surface area contributed by atoms with Gasteiger partial charge in [-0.2, -0.15) is 0 Å². The number of hydrogen-bond donors (Lipinski definition) is 2. The molecule has 0 saturated carbocycles. The molecule has 0 aliphatic carbocycles. The number of nitrogens with zero attached hydrogens (tertiary/aromatic N) is 1. The van der Waals surface area contributed by atoms with E-state index >= 15 is 0 Å². The molecule has 2 N–H and O–H groups in total. The normalized spacial score (nSPS) is 24.9. The Balaban J connectivity index is 1.86. The Morgan fingerprint density at radius 2 is 1.97 bits per heavy atom. The summed E-state index contributed by atoms with van der Waals surface area (Å²) >= 11 is 1.60. The highest BCUT2D eigenvalue weighted by Gasteiger charge is 2.48. The Morgan fingerprint density at radius 3 is 2.62 bits per heavy atom. The van der Waals surface area contributed by atoms with Crippen molar-refractivity contribution in [3.05, 3.63) is 53.1 Å². The van der Waals surface area contributed by atoms with Crippen molar-refractivity contribution in [1.82, 2.24) is 5.32 Å². The average molecular weight is 413 g/mol. The van der Waals surface area contributed by atoms with Crippen LogP contribution in [0.1, 0.15) is 49.3 Å². The Morgan fingerprint density at radius 1 is 1.24 bits per heavy atom. The van der Waals surface area contributed by atoms with E-state index in [1.165, 1.54) is 5.56 Å². The highest BCUT2D eigenvalue weighted by Crippen LogP contribution is 2.50. The van der Waals surface area contributed by atoms with Crippen LogP contribution >= 0.6 is 11.8 Å². The summed E-state index contributed by atoms with van der Waals surface area (Å²) in [5.74, 6) is 1.89. The van der Waals surface area contributed by atoms with Crippen molar-refractivity contribution in [2.24, 2.45) is 4.99 Å². The molecule has 0 amide bonds. The highest BCUT2D eigenvalue weighted by atomic mass is 32.2. The molecule has 1 spiro atoms. The van der Waals surface area contributed by atoms with Crippen molar-refractivity contribution in [3.63, 3.8) is 0 Å². The van der Waals surface area contributed by atoms with Gasteiger partial charge in [0.05, 0.1) is 7.11 Å². The molecule has 6 heteroatoms. The van der Waals surface area contributed by atoms with Crippen LogP contribution in [0.25, 0.3) is 0 Å². The number of hydrogen-bond acceptors (Lipinski definition) is 6. The molecule has 29 heavy (non-hydrogen) atoms. The lowest BCUT2D eigenvalue weighted by Gasteiger charge is -2.47. The molecule has 0 unspecified atom stereocenters. The predicted octanol–water partition coefficient (Wildman–Crippen LogP) is 4.81. The van der Waals surface area contributed by atoms with Crippen molar-refractivity contribution in [2.45, 2.75) is 50.8 Å². The van der Waals surface area contributed by atoms with Gasteiger partial charge in [-0.1, -0.05) is 23.9 Å². The average Bonchev–Trinajstić information content (AvgIpc) is 2.65. The Bertz CT molecular complexity index is 955. The molecular formula is C23H28N2O3S. The third-order valence-electron chi connectivity index (χ3n) is 5.69. The number of amidine groups is 1. The number of aryl methyl sites for hydroxylation is 1. The monoisotopic (exact) mass is 412 g/mol. The second kappa shape index (κ2) is 7.17. The number of methoxy groups -OCH3 is 1. The van der Waals surface area contributed by atoms with E-state index in [2.05, 4.69) is 31.3 Å². The number of ether oxygens (including phenoxy) is 2. The second-order valence-corrected chi connectivity index (χ2v) is 9.35. The number of aromatic hydroxyl groups is 1. The van der Waals surface area contributed by atoms with Crippen molar-refractivity contribution in [2.75, 3.05) is 13.4 Å². The molecule has 0 bridgehead atoms. The fraction of sp³-hybridized carbons (Fsp3) is 0.435. The van der Waals surface area contributed by atoms with Crippen LogP contribution in [-0.4, -0.2) is 34.9 Å². The smallest absolute Gasteiger partial charge is 0.206 e. The Labute approximate surface area is 176 Å². The maximum absolute atomic E-state index is 10.2. The first-order chi connectivity index (χ1) is 13.7. The van der Waals surface area contributed by atoms with E-state index in [4.69, 9.17) is 14.5 Å². The zero-order chi connectivity index (χ0) is 20.8. The molecule has 2 aromatic rings. The third kappa shape index (κ3) is 3.78.